The Labute approximate surface area is 107 Å². The number of carboxylic acid groups (broad SMARTS) is 1. The lowest BCUT2D eigenvalue weighted by molar-refractivity contribution is -0.139. The molecule has 0 spiro atoms. The normalized spacial score (nSPS) is 24.3. The number of carboxylic acids is 1. The summed E-state index contributed by atoms with van der Waals surface area (Å²) >= 11 is 0. The minimum Gasteiger partial charge on any atom is -0.481 e. The van der Waals surface area contributed by atoms with Crippen LogP contribution in [-0.2, 0) is 9.59 Å². The van der Waals surface area contributed by atoms with E-state index < -0.39 is 11.5 Å². The summed E-state index contributed by atoms with van der Waals surface area (Å²) in [7, 11) is 0. The minimum atomic E-state index is -0.837. The van der Waals surface area contributed by atoms with E-state index in [1.54, 1.807) is 0 Å². The van der Waals surface area contributed by atoms with Crippen LogP contribution < -0.4 is 10.6 Å². The highest BCUT2D eigenvalue weighted by Gasteiger charge is 2.39. The molecule has 1 saturated heterocycles. The summed E-state index contributed by atoms with van der Waals surface area (Å²) in [5.41, 5.74) is -0.544. The first-order chi connectivity index (χ1) is 8.52. The second-order valence-corrected chi connectivity index (χ2v) is 5.72. The van der Waals surface area contributed by atoms with Crippen molar-refractivity contribution in [2.45, 2.75) is 44.6 Å². The summed E-state index contributed by atoms with van der Waals surface area (Å²) in [4.78, 5) is 23.2. The van der Waals surface area contributed by atoms with Crippen LogP contribution in [0, 0.1) is 11.8 Å². The molecule has 1 saturated carbocycles. The molecule has 1 amide bonds. The van der Waals surface area contributed by atoms with Crippen LogP contribution in [0.3, 0.4) is 0 Å². The SMILES string of the molecule is CC(C(=O)NC1(CC(=O)O)CCNCC1)C1CC1. The van der Waals surface area contributed by atoms with Crippen LogP contribution in [0.15, 0.2) is 0 Å². The van der Waals surface area contributed by atoms with Crippen LogP contribution >= 0.6 is 0 Å². The Morgan fingerprint density at radius 1 is 1.39 bits per heavy atom. The van der Waals surface area contributed by atoms with Gasteiger partial charge in [-0.15, -0.1) is 0 Å². The van der Waals surface area contributed by atoms with E-state index in [0.717, 1.165) is 25.9 Å². The molecule has 2 fully saturated rings. The van der Waals surface area contributed by atoms with Crippen molar-refractivity contribution < 1.29 is 14.7 Å². The molecule has 1 atom stereocenters. The van der Waals surface area contributed by atoms with E-state index in [4.69, 9.17) is 5.11 Å². The molecule has 0 aromatic carbocycles. The van der Waals surface area contributed by atoms with Gasteiger partial charge in [0.2, 0.25) is 5.91 Å². The lowest BCUT2D eigenvalue weighted by atomic mass is 9.84. The largest absolute Gasteiger partial charge is 0.481 e. The fraction of sp³-hybridized carbons (Fsp3) is 0.846. The minimum absolute atomic E-state index is 0.0190. The van der Waals surface area contributed by atoms with Gasteiger partial charge in [-0.05, 0) is 44.7 Å². The second-order valence-electron chi connectivity index (χ2n) is 5.72. The van der Waals surface area contributed by atoms with Gasteiger partial charge in [-0.2, -0.15) is 0 Å². The zero-order valence-electron chi connectivity index (χ0n) is 10.9. The fourth-order valence-electron chi connectivity index (χ4n) is 2.73. The van der Waals surface area contributed by atoms with Crippen molar-refractivity contribution in [1.29, 1.82) is 0 Å². The van der Waals surface area contributed by atoms with Crippen LogP contribution in [0.5, 0.6) is 0 Å². The molecule has 1 aliphatic carbocycles. The van der Waals surface area contributed by atoms with Gasteiger partial charge < -0.3 is 15.7 Å². The number of rotatable bonds is 5. The predicted molar refractivity (Wildman–Crippen MR) is 67.1 cm³/mol. The van der Waals surface area contributed by atoms with Gasteiger partial charge in [-0.1, -0.05) is 6.92 Å². The van der Waals surface area contributed by atoms with Gasteiger partial charge in [0.1, 0.15) is 0 Å². The molecule has 2 rings (SSSR count). The molecule has 0 bridgehead atoms. The number of hydrogen-bond acceptors (Lipinski definition) is 3. The van der Waals surface area contributed by atoms with Crippen molar-refractivity contribution >= 4 is 11.9 Å². The molecular formula is C13H22N2O3. The zero-order valence-corrected chi connectivity index (χ0v) is 10.9. The van der Waals surface area contributed by atoms with E-state index in [1.165, 1.54) is 0 Å². The molecule has 1 aliphatic heterocycles. The molecule has 0 radical (unpaired) electrons. The van der Waals surface area contributed by atoms with Gasteiger partial charge in [0.05, 0.1) is 12.0 Å². The number of amides is 1. The van der Waals surface area contributed by atoms with E-state index >= 15 is 0 Å². The van der Waals surface area contributed by atoms with E-state index in [2.05, 4.69) is 10.6 Å². The number of carbonyl (C=O) groups excluding carboxylic acids is 1. The Kier molecular flexibility index (Phi) is 3.90. The van der Waals surface area contributed by atoms with E-state index in [-0.39, 0.29) is 18.2 Å². The molecule has 0 aromatic heterocycles. The van der Waals surface area contributed by atoms with E-state index in [1.807, 2.05) is 6.92 Å². The summed E-state index contributed by atoms with van der Waals surface area (Å²) in [6.45, 7) is 3.49. The smallest absolute Gasteiger partial charge is 0.305 e. The Balaban J connectivity index is 1.99. The average Bonchev–Trinajstić information content (AvgIpc) is 3.11. The first-order valence-electron chi connectivity index (χ1n) is 6.77. The summed E-state index contributed by atoms with van der Waals surface area (Å²) in [6.07, 6.45) is 3.67. The van der Waals surface area contributed by atoms with Crippen molar-refractivity contribution in [2.75, 3.05) is 13.1 Å². The number of carbonyl (C=O) groups is 2. The second kappa shape index (κ2) is 5.26. The lowest BCUT2D eigenvalue weighted by Gasteiger charge is -2.38. The monoisotopic (exact) mass is 254 g/mol. The van der Waals surface area contributed by atoms with Gasteiger partial charge >= 0.3 is 5.97 Å². The van der Waals surface area contributed by atoms with Crippen LogP contribution in [0.2, 0.25) is 0 Å². The molecule has 5 nitrogen and oxygen atoms in total. The highest BCUT2D eigenvalue weighted by atomic mass is 16.4. The number of nitrogens with one attached hydrogen (secondary N) is 2. The third-order valence-electron chi connectivity index (χ3n) is 4.18. The van der Waals surface area contributed by atoms with Crippen LogP contribution in [-0.4, -0.2) is 35.6 Å². The van der Waals surface area contributed by atoms with Crippen molar-refractivity contribution in [2.24, 2.45) is 11.8 Å². The molecule has 3 N–H and O–H groups in total. The van der Waals surface area contributed by atoms with Gasteiger partial charge in [0.15, 0.2) is 0 Å². The molecule has 0 aromatic rings. The Bertz CT molecular complexity index is 333. The molecule has 18 heavy (non-hydrogen) atoms. The van der Waals surface area contributed by atoms with Crippen molar-refractivity contribution in [1.82, 2.24) is 10.6 Å². The Hall–Kier alpha value is -1.10. The summed E-state index contributed by atoms with van der Waals surface area (Å²) in [5, 5.41) is 15.3. The topological polar surface area (TPSA) is 78.4 Å². The maximum Gasteiger partial charge on any atom is 0.305 e. The van der Waals surface area contributed by atoms with Gasteiger partial charge in [0, 0.05) is 5.92 Å². The zero-order chi connectivity index (χ0) is 13.2. The standard InChI is InChI=1S/C13H22N2O3/c1-9(10-2-3-10)12(18)15-13(8-11(16)17)4-6-14-7-5-13/h9-10,14H,2-8H2,1H3,(H,15,18)(H,16,17). The summed E-state index contributed by atoms with van der Waals surface area (Å²) in [5.74, 6) is -0.281. The molecule has 2 aliphatic rings. The quantitative estimate of drug-likeness (QED) is 0.676. The van der Waals surface area contributed by atoms with Gasteiger partial charge in [0.25, 0.3) is 0 Å². The number of aliphatic carboxylic acids is 1. The highest BCUT2D eigenvalue weighted by Crippen LogP contribution is 2.37. The van der Waals surface area contributed by atoms with Crippen molar-refractivity contribution in [3.63, 3.8) is 0 Å². The maximum absolute atomic E-state index is 12.2. The Morgan fingerprint density at radius 2 is 2.00 bits per heavy atom. The summed E-state index contributed by atoms with van der Waals surface area (Å²) in [6, 6.07) is 0. The number of hydrogen-bond donors (Lipinski definition) is 3. The van der Waals surface area contributed by atoms with Crippen LogP contribution in [0.25, 0.3) is 0 Å². The average molecular weight is 254 g/mol. The summed E-state index contributed by atoms with van der Waals surface area (Å²) < 4.78 is 0. The van der Waals surface area contributed by atoms with Gasteiger partial charge in [-0.25, -0.2) is 0 Å². The molecule has 102 valence electrons. The van der Waals surface area contributed by atoms with Gasteiger partial charge in [-0.3, -0.25) is 9.59 Å². The van der Waals surface area contributed by atoms with Crippen LogP contribution in [0.1, 0.15) is 39.0 Å². The molecule has 5 heteroatoms. The predicted octanol–water partition coefficient (Wildman–Crippen LogP) is 0.746. The van der Waals surface area contributed by atoms with E-state index in [0.29, 0.717) is 18.8 Å². The lowest BCUT2D eigenvalue weighted by Crippen LogP contribution is -2.56. The molecule has 1 heterocycles. The van der Waals surface area contributed by atoms with Crippen LogP contribution in [0.4, 0.5) is 0 Å². The maximum atomic E-state index is 12.2. The van der Waals surface area contributed by atoms with Crippen molar-refractivity contribution in [3.05, 3.63) is 0 Å². The van der Waals surface area contributed by atoms with E-state index in [9.17, 15) is 9.59 Å². The van der Waals surface area contributed by atoms with Crippen molar-refractivity contribution in [3.8, 4) is 0 Å². The first-order valence-corrected chi connectivity index (χ1v) is 6.77. The highest BCUT2D eigenvalue weighted by molar-refractivity contribution is 5.81. The first kappa shape index (κ1) is 13.3. The molecular weight excluding hydrogens is 232 g/mol. The number of piperidine rings is 1. The fourth-order valence-corrected chi connectivity index (χ4v) is 2.73. The third-order valence-corrected chi connectivity index (χ3v) is 4.18. The Morgan fingerprint density at radius 3 is 2.50 bits per heavy atom. The molecule has 1 unspecified atom stereocenters. The third kappa shape index (κ3) is 3.22.